The Morgan fingerprint density at radius 1 is 1.43 bits per heavy atom. The van der Waals surface area contributed by atoms with Crippen molar-refractivity contribution in [3.8, 4) is 0 Å². The van der Waals surface area contributed by atoms with Crippen LogP contribution in [0.1, 0.15) is 0 Å². The summed E-state index contributed by atoms with van der Waals surface area (Å²) >= 11 is 5.51. The van der Waals surface area contributed by atoms with Crippen molar-refractivity contribution in [2.24, 2.45) is 0 Å². The van der Waals surface area contributed by atoms with Crippen molar-refractivity contribution >= 4 is 23.5 Å². The molecule has 0 aromatic carbocycles. The first-order valence-corrected chi connectivity index (χ1v) is 4.19. The van der Waals surface area contributed by atoms with Crippen LogP contribution in [-0.2, 0) is 0 Å². The van der Waals surface area contributed by atoms with Crippen LogP contribution in [0, 0.1) is 0 Å². The molecule has 0 fully saturated rings. The van der Waals surface area contributed by atoms with E-state index in [0.717, 1.165) is 0 Å². The summed E-state index contributed by atoms with van der Waals surface area (Å²) in [5.74, 6) is 0.154. The average Bonchev–Trinajstić information content (AvgIpc) is 2.12. The smallest absolute Gasteiger partial charge is 0.228 e. The predicted octanol–water partition coefficient (Wildman–Crippen LogP) is -1.13. The largest absolute Gasteiger partial charge is 0.394 e. The lowest BCUT2D eigenvalue weighted by Gasteiger charge is -2.08. The van der Waals surface area contributed by atoms with E-state index in [1.807, 2.05) is 0 Å². The van der Waals surface area contributed by atoms with Crippen molar-refractivity contribution in [3.63, 3.8) is 0 Å². The number of aliphatic hydroxyl groups is 2. The molecule has 0 amide bonds. The van der Waals surface area contributed by atoms with Gasteiger partial charge in [0.2, 0.25) is 17.2 Å². The van der Waals surface area contributed by atoms with Crippen LogP contribution >= 0.6 is 11.6 Å². The first-order chi connectivity index (χ1) is 6.61. The van der Waals surface area contributed by atoms with E-state index in [4.69, 9.17) is 27.5 Å². The van der Waals surface area contributed by atoms with Gasteiger partial charge in [-0.15, -0.1) is 0 Å². The molecule has 1 atom stereocenters. The third-order valence-electron chi connectivity index (χ3n) is 1.33. The zero-order valence-corrected chi connectivity index (χ0v) is 7.94. The summed E-state index contributed by atoms with van der Waals surface area (Å²) in [6, 6.07) is 0. The number of hydrogen-bond donors (Lipinski definition) is 4. The van der Waals surface area contributed by atoms with Crippen molar-refractivity contribution in [1.29, 1.82) is 0 Å². The third-order valence-corrected chi connectivity index (χ3v) is 1.50. The molecule has 1 aromatic rings. The zero-order chi connectivity index (χ0) is 10.6. The third kappa shape index (κ3) is 3.29. The topological polar surface area (TPSA) is 117 Å². The summed E-state index contributed by atoms with van der Waals surface area (Å²) in [5.41, 5.74) is 5.30. The highest BCUT2D eigenvalue weighted by molar-refractivity contribution is 6.28. The molecule has 7 nitrogen and oxygen atoms in total. The van der Waals surface area contributed by atoms with Gasteiger partial charge in [-0.25, -0.2) is 0 Å². The van der Waals surface area contributed by atoms with Gasteiger partial charge >= 0.3 is 0 Å². The highest BCUT2D eigenvalue weighted by atomic mass is 35.5. The Morgan fingerprint density at radius 2 is 2.14 bits per heavy atom. The molecule has 5 N–H and O–H groups in total. The molecule has 1 rings (SSSR count). The Bertz CT molecular complexity index is 290. The molecular weight excluding hydrogens is 210 g/mol. The fourth-order valence-electron chi connectivity index (χ4n) is 0.718. The number of nitrogen functional groups attached to an aromatic ring is 1. The fourth-order valence-corrected chi connectivity index (χ4v) is 0.885. The van der Waals surface area contributed by atoms with Gasteiger partial charge in [0.15, 0.2) is 0 Å². The van der Waals surface area contributed by atoms with Crippen LogP contribution in [0.3, 0.4) is 0 Å². The number of aromatic nitrogens is 3. The first kappa shape index (κ1) is 10.9. The minimum Gasteiger partial charge on any atom is -0.394 e. The zero-order valence-electron chi connectivity index (χ0n) is 7.18. The molecule has 0 aliphatic rings. The Labute approximate surface area is 85.0 Å². The van der Waals surface area contributed by atoms with Crippen molar-refractivity contribution in [2.45, 2.75) is 6.10 Å². The molecule has 0 aliphatic carbocycles. The number of nitrogens with two attached hydrogens (primary N) is 1. The van der Waals surface area contributed by atoms with E-state index in [1.54, 1.807) is 0 Å². The summed E-state index contributed by atoms with van der Waals surface area (Å²) in [4.78, 5) is 11.0. The Kier molecular flexibility index (Phi) is 3.81. The summed E-state index contributed by atoms with van der Waals surface area (Å²) in [5, 5.41) is 20.1. The second kappa shape index (κ2) is 4.89. The van der Waals surface area contributed by atoms with E-state index in [2.05, 4.69) is 20.3 Å². The number of halogens is 1. The normalized spacial score (nSPS) is 12.5. The van der Waals surface area contributed by atoms with Gasteiger partial charge in [-0.1, -0.05) is 0 Å². The van der Waals surface area contributed by atoms with Crippen LogP contribution in [0.4, 0.5) is 11.9 Å². The Balaban J connectivity index is 2.58. The summed E-state index contributed by atoms with van der Waals surface area (Å²) < 4.78 is 0. The van der Waals surface area contributed by atoms with Gasteiger partial charge in [-0.3, -0.25) is 0 Å². The lowest BCUT2D eigenvalue weighted by Crippen LogP contribution is -2.24. The molecule has 1 unspecified atom stereocenters. The SMILES string of the molecule is Nc1nc(Cl)nc(NCC(O)CO)n1. The highest BCUT2D eigenvalue weighted by Gasteiger charge is 2.05. The lowest BCUT2D eigenvalue weighted by atomic mass is 10.4. The van der Waals surface area contributed by atoms with Crippen molar-refractivity contribution in [1.82, 2.24) is 15.0 Å². The maximum absolute atomic E-state index is 9.01. The van der Waals surface area contributed by atoms with Gasteiger partial charge in [-0.2, -0.15) is 15.0 Å². The second-order valence-electron chi connectivity index (χ2n) is 2.50. The molecule has 0 bridgehead atoms. The van der Waals surface area contributed by atoms with E-state index >= 15 is 0 Å². The van der Waals surface area contributed by atoms with Gasteiger partial charge in [0.05, 0.1) is 12.7 Å². The van der Waals surface area contributed by atoms with E-state index in [9.17, 15) is 0 Å². The first-order valence-electron chi connectivity index (χ1n) is 3.81. The Morgan fingerprint density at radius 3 is 2.71 bits per heavy atom. The van der Waals surface area contributed by atoms with E-state index in [1.165, 1.54) is 0 Å². The summed E-state index contributed by atoms with van der Waals surface area (Å²) in [6.07, 6.45) is -0.883. The van der Waals surface area contributed by atoms with E-state index in [-0.39, 0.29) is 30.3 Å². The highest BCUT2D eigenvalue weighted by Crippen LogP contribution is 2.06. The van der Waals surface area contributed by atoms with Crippen LogP contribution in [-0.4, -0.2) is 44.4 Å². The maximum atomic E-state index is 9.01. The molecular formula is C6H10ClN5O2. The van der Waals surface area contributed by atoms with Crippen LogP contribution in [0.15, 0.2) is 0 Å². The van der Waals surface area contributed by atoms with E-state index in [0.29, 0.717) is 0 Å². The predicted molar refractivity (Wildman–Crippen MR) is 50.8 cm³/mol. The van der Waals surface area contributed by atoms with Crippen molar-refractivity contribution < 1.29 is 10.2 Å². The molecule has 78 valence electrons. The quantitative estimate of drug-likeness (QED) is 0.506. The molecule has 8 heteroatoms. The van der Waals surface area contributed by atoms with Crippen LogP contribution in [0.5, 0.6) is 0 Å². The fraction of sp³-hybridized carbons (Fsp3) is 0.500. The lowest BCUT2D eigenvalue weighted by molar-refractivity contribution is 0.105. The molecule has 0 radical (unpaired) electrons. The molecule has 14 heavy (non-hydrogen) atoms. The minimum atomic E-state index is -0.883. The number of nitrogens with zero attached hydrogens (tertiary/aromatic N) is 3. The Hall–Kier alpha value is -1.18. The minimum absolute atomic E-state index is 0.00834. The molecule has 0 spiro atoms. The van der Waals surface area contributed by atoms with Crippen molar-refractivity contribution in [3.05, 3.63) is 5.28 Å². The molecule has 0 aliphatic heterocycles. The molecule has 1 aromatic heterocycles. The summed E-state index contributed by atoms with van der Waals surface area (Å²) in [6.45, 7) is -0.239. The molecule has 0 saturated heterocycles. The molecule has 0 saturated carbocycles. The van der Waals surface area contributed by atoms with Gasteiger partial charge in [0.1, 0.15) is 0 Å². The average molecular weight is 220 g/mol. The van der Waals surface area contributed by atoms with Crippen LogP contribution in [0.25, 0.3) is 0 Å². The number of nitrogens with one attached hydrogen (secondary N) is 1. The summed E-state index contributed by atoms with van der Waals surface area (Å²) in [7, 11) is 0. The standard InChI is InChI=1S/C6H10ClN5O2/c7-4-10-5(8)12-6(11-4)9-1-3(14)2-13/h3,13-14H,1-2H2,(H3,8,9,10,11,12). The maximum Gasteiger partial charge on any atom is 0.228 e. The van der Waals surface area contributed by atoms with Gasteiger partial charge in [-0.05, 0) is 11.6 Å². The monoisotopic (exact) mass is 219 g/mol. The van der Waals surface area contributed by atoms with Crippen molar-refractivity contribution in [2.75, 3.05) is 24.2 Å². The number of anilines is 2. The van der Waals surface area contributed by atoms with Gasteiger partial charge < -0.3 is 21.3 Å². The molecule has 1 heterocycles. The number of hydrogen-bond acceptors (Lipinski definition) is 7. The van der Waals surface area contributed by atoms with Gasteiger partial charge in [0, 0.05) is 6.54 Å². The van der Waals surface area contributed by atoms with Crippen LogP contribution in [0.2, 0.25) is 5.28 Å². The van der Waals surface area contributed by atoms with Gasteiger partial charge in [0.25, 0.3) is 0 Å². The van der Waals surface area contributed by atoms with Crippen LogP contribution < -0.4 is 11.1 Å². The second-order valence-corrected chi connectivity index (χ2v) is 2.84. The number of rotatable bonds is 4. The van der Waals surface area contributed by atoms with E-state index < -0.39 is 6.10 Å². The number of aliphatic hydroxyl groups excluding tert-OH is 2.